The van der Waals surface area contributed by atoms with E-state index >= 15 is 0 Å². The number of rotatable bonds is 5. The van der Waals surface area contributed by atoms with Crippen LogP contribution in [0.5, 0.6) is 5.75 Å². The molecule has 6 heteroatoms. The first-order valence-electron chi connectivity index (χ1n) is 20.2. The van der Waals surface area contributed by atoms with Gasteiger partial charge in [-0.15, -0.1) is 23.8 Å². The summed E-state index contributed by atoms with van der Waals surface area (Å²) in [6.07, 6.45) is 1.92. The van der Waals surface area contributed by atoms with E-state index in [9.17, 15) is 5.11 Å². The molecule has 0 amide bonds. The maximum absolute atomic E-state index is 12.2. The molecule has 1 N–H and O–H groups in total. The quantitative estimate of drug-likeness (QED) is 0.175. The summed E-state index contributed by atoms with van der Waals surface area (Å²) >= 11 is 0. The van der Waals surface area contributed by atoms with Crippen molar-refractivity contribution < 1.29 is 30.6 Å². The van der Waals surface area contributed by atoms with Crippen LogP contribution in [0.2, 0.25) is 0 Å². The van der Waals surface area contributed by atoms with E-state index < -0.39 is 0 Å². The molecule has 0 bridgehead atoms. The molecule has 0 aliphatic rings. The standard InChI is InChI=1S/C54H44N3O2.Pt/c1-53(2,3)38-29-43(50(58)45(30-38)54(4,5)6)52-56-49-40(22-15-23-47(49)57(52)39-19-11-8-12-20-39)36-26-35(33-16-9-7-10-17-33)27-37(28-36)46-31-48-44(32-55-46)42-25-24-34-18-13-14-21-41(34)51(42)59-48;/h7-27,29-32,58H,1-6H3;/q-1;. The van der Waals surface area contributed by atoms with Gasteiger partial charge < -0.3 is 9.52 Å². The minimum Gasteiger partial charge on any atom is -0.507 e. The second-order valence-electron chi connectivity index (χ2n) is 17.6. The maximum Gasteiger partial charge on any atom is 0.148 e. The first-order chi connectivity index (χ1) is 28.4. The van der Waals surface area contributed by atoms with Crippen LogP contribution in [0.1, 0.15) is 52.7 Å². The Kier molecular flexibility index (Phi) is 9.64. The molecule has 7 aromatic carbocycles. The van der Waals surface area contributed by atoms with Crippen LogP contribution in [0.25, 0.3) is 94.3 Å². The zero-order chi connectivity index (χ0) is 40.6. The van der Waals surface area contributed by atoms with Gasteiger partial charge in [0.1, 0.15) is 22.7 Å². The van der Waals surface area contributed by atoms with Gasteiger partial charge in [-0.1, -0.05) is 155 Å². The van der Waals surface area contributed by atoms with Crippen molar-refractivity contribution in [1.82, 2.24) is 14.5 Å². The number of furan rings is 1. The molecule has 0 fully saturated rings. The fourth-order valence-electron chi connectivity index (χ4n) is 8.34. The van der Waals surface area contributed by atoms with E-state index in [4.69, 9.17) is 14.4 Å². The van der Waals surface area contributed by atoms with Crippen LogP contribution in [0.3, 0.4) is 0 Å². The number of aromatic hydroxyl groups is 1. The second kappa shape index (κ2) is 14.8. The van der Waals surface area contributed by atoms with Gasteiger partial charge in [0, 0.05) is 60.4 Å². The molecule has 0 aliphatic carbocycles. The normalized spacial score (nSPS) is 12.1. The monoisotopic (exact) mass is 961 g/mol. The second-order valence-corrected chi connectivity index (χ2v) is 17.6. The van der Waals surface area contributed by atoms with E-state index in [1.165, 1.54) is 0 Å². The zero-order valence-corrected chi connectivity index (χ0v) is 36.7. The number of imidazole rings is 1. The molecule has 5 nitrogen and oxygen atoms in total. The Morgan fingerprint density at radius 3 is 2.08 bits per heavy atom. The van der Waals surface area contributed by atoms with Crippen LogP contribution in [0, 0.1) is 6.07 Å². The number of hydrogen-bond donors (Lipinski definition) is 1. The zero-order valence-electron chi connectivity index (χ0n) is 34.4. The maximum atomic E-state index is 12.2. The number of phenols is 1. The van der Waals surface area contributed by atoms with E-state index in [0.29, 0.717) is 11.4 Å². The molecule has 3 heterocycles. The number of nitrogens with zero attached hydrogens (tertiary/aromatic N) is 3. The Balaban J connectivity index is 0.00000462. The van der Waals surface area contributed by atoms with Crippen LogP contribution in [-0.2, 0) is 31.9 Å². The average Bonchev–Trinajstić information content (AvgIpc) is 3.82. The summed E-state index contributed by atoms with van der Waals surface area (Å²) < 4.78 is 8.77. The topological polar surface area (TPSA) is 64.1 Å². The van der Waals surface area contributed by atoms with Gasteiger partial charge in [-0.25, -0.2) is 4.98 Å². The van der Waals surface area contributed by atoms with Crippen LogP contribution < -0.4 is 0 Å². The minimum atomic E-state index is -0.300. The Labute approximate surface area is 364 Å². The van der Waals surface area contributed by atoms with Crippen molar-refractivity contribution in [3.05, 3.63) is 169 Å². The molecular weight excluding hydrogens is 918 g/mol. The molecule has 10 rings (SSSR count). The number of fused-ring (bicyclic) bond motifs is 6. The first kappa shape index (κ1) is 39.2. The fraction of sp³-hybridized carbons (Fsp3) is 0.148. The summed E-state index contributed by atoms with van der Waals surface area (Å²) in [7, 11) is 0. The van der Waals surface area contributed by atoms with Crippen molar-refractivity contribution in [3.8, 4) is 56.3 Å². The number of benzene rings is 7. The molecule has 0 radical (unpaired) electrons. The van der Waals surface area contributed by atoms with E-state index in [1.807, 2.05) is 48.7 Å². The average molecular weight is 962 g/mol. The van der Waals surface area contributed by atoms with Crippen molar-refractivity contribution in [2.75, 3.05) is 0 Å². The van der Waals surface area contributed by atoms with Crippen molar-refractivity contribution in [1.29, 1.82) is 0 Å². The predicted molar refractivity (Wildman–Crippen MR) is 243 cm³/mol. The summed E-state index contributed by atoms with van der Waals surface area (Å²) in [6.45, 7) is 13.1. The first-order valence-corrected chi connectivity index (χ1v) is 20.2. The summed E-state index contributed by atoms with van der Waals surface area (Å²) in [5, 5.41) is 16.4. The van der Waals surface area contributed by atoms with Crippen molar-refractivity contribution >= 4 is 43.7 Å². The number of pyridine rings is 1. The Morgan fingerprint density at radius 2 is 1.33 bits per heavy atom. The summed E-state index contributed by atoms with van der Waals surface area (Å²) in [5.74, 6) is 0.927. The smallest absolute Gasteiger partial charge is 0.148 e. The summed E-state index contributed by atoms with van der Waals surface area (Å²) in [4.78, 5) is 10.5. The third-order valence-electron chi connectivity index (χ3n) is 11.5. The van der Waals surface area contributed by atoms with Gasteiger partial charge in [0.25, 0.3) is 0 Å². The van der Waals surface area contributed by atoms with Crippen LogP contribution >= 0.6 is 0 Å². The Bertz CT molecular complexity index is 3240. The van der Waals surface area contributed by atoms with Gasteiger partial charge in [0.15, 0.2) is 0 Å². The fourth-order valence-corrected chi connectivity index (χ4v) is 8.34. The van der Waals surface area contributed by atoms with Gasteiger partial charge in [0.2, 0.25) is 0 Å². The number of hydrogen-bond acceptors (Lipinski definition) is 4. The molecule has 0 spiro atoms. The number of aromatic nitrogens is 3. The van der Waals surface area contributed by atoms with E-state index in [2.05, 4.69) is 155 Å². The van der Waals surface area contributed by atoms with Crippen molar-refractivity contribution in [2.45, 2.75) is 52.4 Å². The van der Waals surface area contributed by atoms with Crippen molar-refractivity contribution in [3.63, 3.8) is 0 Å². The number of phenolic OH excluding ortho intramolecular Hbond substituents is 1. The molecule has 60 heavy (non-hydrogen) atoms. The van der Waals surface area contributed by atoms with Crippen LogP contribution in [-0.4, -0.2) is 19.6 Å². The molecule has 0 saturated carbocycles. The Hall–Kier alpha value is -6.29. The molecule has 0 aliphatic heterocycles. The Morgan fingerprint density at radius 1 is 0.617 bits per heavy atom. The molecule has 0 unspecified atom stereocenters. The molecule has 0 saturated heterocycles. The molecule has 298 valence electrons. The molecule has 0 atom stereocenters. The van der Waals surface area contributed by atoms with Crippen LogP contribution in [0.15, 0.2) is 156 Å². The predicted octanol–water partition coefficient (Wildman–Crippen LogP) is 14.2. The third kappa shape index (κ3) is 6.72. The van der Waals surface area contributed by atoms with E-state index in [1.54, 1.807) is 0 Å². The summed E-state index contributed by atoms with van der Waals surface area (Å²) in [6, 6.07) is 54.0. The van der Waals surface area contributed by atoms with Crippen molar-refractivity contribution in [2.24, 2.45) is 0 Å². The summed E-state index contributed by atoms with van der Waals surface area (Å²) in [5.41, 5.74) is 12.2. The van der Waals surface area contributed by atoms with Gasteiger partial charge in [-0.2, -0.15) is 0 Å². The van der Waals surface area contributed by atoms with E-state index in [0.717, 1.165) is 94.1 Å². The third-order valence-corrected chi connectivity index (χ3v) is 11.5. The van der Waals surface area contributed by atoms with Gasteiger partial charge in [-0.05, 0) is 63.7 Å². The molecule has 3 aromatic heterocycles. The molecular formula is C54H44N3O2Pt-. The van der Waals surface area contributed by atoms with Gasteiger partial charge >= 0.3 is 0 Å². The minimum absolute atomic E-state index is 0. The molecule has 10 aromatic rings. The van der Waals surface area contributed by atoms with Crippen LogP contribution in [0.4, 0.5) is 0 Å². The SMILES string of the molecule is CC(C)(C)c1cc(-c2nc3c(-c4[c-]c(-c5cc6oc7c8ccccc8ccc7c6cn5)cc(-c5ccccc5)c4)cccc3n2-c2ccccc2)c(O)c(C(C)(C)C)c1.[Pt]. The van der Waals surface area contributed by atoms with Gasteiger partial charge in [-0.3, -0.25) is 9.55 Å². The number of para-hydroxylation sites is 2. The van der Waals surface area contributed by atoms with E-state index in [-0.39, 0.29) is 37.6 Å². The van der Waals surface area contributed by atoms with Gasteiger partial charge in [0.05, 0.1) is 16.6 Å². The largest absolute Gasteiger partial charge is 0.507 e.